The molecule has 0 aliphatic carbocycles. The molecule has 2 aromatic rings. The second kappa shape index (κ2) is 6.05. The lowest BCUT2D eigenvalue weighted by molar-refractivity contribution is 0.0773. The molecule has 0 radical (unpaired) electrons. The van der Waals surface area contributed by atoms with E-state index in [1.807, 2.05) is 12.1 Å². The average molecular weight is 273 g/mol. The van der Waals surface area contributed by atoms with Crippen LogP contribution < -0.4 is 5.32 Å². The summed E-state index contributed by atoms with van der Waals surface area (Å²) in [6.45, 7) is 4.16. The van der Waals surface area contributed by atoms with Gasteiger partial charge < -0.3 is 14.6 Å². The summed E-state index contributed by atoms with van der Waals surface area (Å²) in [5.41, 5.74) is 2.30. The lowest BCUT2D eigenvalue weighted by Gasteiger charge is -2.18. The Labute approximate surface area is 118 Å². The van der Waals surface area contributed by atoms with E-state index in [-0.39, 0.29) is 5.92 Å². The molecule has 1 aliphatic heterocycles. The molecular formula is C15H19N3O2. The van der Waals surface area contributed by atoms with Crippen molar-refractivity contribution in [3.63, 3.8) is 0 Å². The predicted octanol–water partition coefficient (Wildman–Crippen LogP) is 2.88. The van der Waals surface area contributed by atoms with Crippen molar-refractivity contribution in [2.45, 2.75) is 32.2 Å². The molecule has 1 aliphatic rings. The number of rotatable bonds is 4. The monoisotopic (exact) mass is 273 g/mol. The van der Waals surface area contributed by atoms with Crippen molar-refractivity contribution in [3.8, 4) is 0 Å². The molecule has 0 amide bonds. The number of nitrogens with zero attached hydrogens (tertiary/aromatic N) is 2. The van der Waals surface area contributed by atoms with Crippen molar-refractivity contribution >= 4 is 5.69 Å². The molecule has 1 atom stereocenters. The molecular weight excluding hydrogens is 254 g/mol. The zero-order valence-corrected chi connectivity index (χ0v) is 11.6. The van der Waals surface area contributed by atoms with Gasteiger partial charge in [0, 0.05) is 18.2 Å². The summed E-state index contributed by atoms with van der Waals surface area (Å²) in [5, 5.41) is 7.34. The molecule has 5 nitrogen and oxygen atoms in total. The van der Waals surface area contributed by atoms with E-state index in [1.54, 1.807) is 0 Å². The first-order valence-electron chi connectivity index (χ1n) is 7.02. The van der Waals surface area contributed by atoms with Crippen LogP contribution in [0.2, 0.25) is 0 Å². The third-order valence-electron chi connectivity index (χ3n) is 3.50. The van der Waals surface area contributed by atoms with Crippen LogP contribution >= 0.6 is 0 Å². The van der Waals surface area contributed by atoms with Crippen molar-refractivity contribution in [2.24, 2.45) is 0 Å². The zero-order chi connectivity index (χ0) is 13.8. The summed E-state index contributed by atoms with van der Waals surface area (Å²) < 4.78 is 10.7. The molecule has 2 heterocycles. The van der Waals surface area contributed by atoms with Gasteiger partial charge in [-0.3, -0.25) is 0 Å². The van der Waals surface area contributed by atoms with E-state index in [4.69, 9.17) is 9.26 Å². The van der Waals surface area contributed by atoms with Gasteiger partial charge in [-0.2, -0.15) is 4.98 Å². The first-order chi connectivity index (χ1) is 9.81. The minimum Gasteiger partial charge on any atom is -0.381 e. The quantitative estimate of drug-likeness (QED) is 0.928. The highest BCUT2D eigenvalue weighted by atomic mass is 16.5. The molecule has 1 saturated heterocycles. The van der Waals surface area contributed by atoms with Crippen LogP contribution in [0.3, 0.4) is 0 Å². The van der Waals surface area contributed by atoms with E-state index in [0.717, 1.165) is 31.0 Å². The first kappa shape index (κ1) is 13.1. The number of benzene rings is 1. The topological polar surface area (TPSA) is 60.2 Å². The molecule has 1 aromatic carbocycles. The third kappa shape index (κ3) is 3.17. The SMILES string of the molecule is Cc1ccc(NCc2nc(C3CCCOC3)no2)cc1. The maximum Gasteiger partial charge on any atom is 0.245 e. The van der Waals surface area contributed by atoms with Crippen molar-refractivity contribution in [3.05, 3.63) is 41.5 Å². The van der Waals surface area contributed by atoms with Gasteiger partial charge in [-0.25, -0.2) is 0 Å². The van der Waals surface area contributed by atoms with Crippen molar-refractivity contribution in [2.75, 3.05) is 18.5 Å². The van der Waals surface area contributed by atoms with Gasteiger partial charge in [0.25, 0.3) is 0 Å². The van der Waals surface area contributed by atoms with Crippen LogP contribution in [-0.2, 0) is 11.3 Å². The fourth-order valence-corrected chi connectivity index (χ4v) is 2.30. The Morgan fingerprint density at radius 3 is 2.90 bits per heavy atom. The smallest absolute Gasteiger partial charge is 0.245 e. The lowest BCUT2D eigenvalue weighted by Crippen LogP contribution is -2.16. The maximum atomic E-state index is 5.45. The maximum absolute atomic E-state index is 5.45. The van der Waals surface area contributed by atoms with Crippen LogP contribution in [0.4, 0.5) is 5.69 Å². The minimum atomic E-state index is 0.278. The molecule has 1 aromatic heterocycles. The molecule has 106 valence electrons. The second-order valence-electron chi connectivity index (χ2n) is 5.18. The van der Waals surface area contributed by atoms with Crippen molar-refractivity contribution in [1.82, 2.24) is 10.1 Å². The Bertz CT molecular complexity index is 545. The minimum absolute atomic E-state index is 0.278. The van der Waals surface area contributed by atoms with E-state index in [9.17, 15) is 0 Å². The van der Waals surface area contributed by atoms with Gasteiger partial charge in [0.05, 0.1) is 13.2 Å². The predicted molar refractivity (Wildman–Crippen MR) is 75.6 cm³/mol. The van der Waals surface area contributed by atoms with E-state index in [0.29, 0.717) is 19.0 Å². The van der Waals surface area contributed by atoms with Gasteiger partial charge in [0.2, 0.25) is 5.89 Å². The summed E-state index contributed by atoms with van der Waals surface area (Å²) in [6.07, 6.45) is 2.14. The molecule has 3 rings (SSSR count). The summed E-state index contributed by atoms with van der Waals surface area (Å²) >= 11 is 0. The Morgan fingerprint density at radius 2 is 2.15 bits per heavy atom. The number of hydrogen-bond donors (Lipinski definition) is 1. The number of anilines is 1. The van der Waals surface area contributed by atoms with Crippen LogP contribution in [0.5, 0.6) is 0 Å². The van der Waals surface area contributed by atoms with E-state index >= 15 is 0 Å². The van der Waals surface area contributed by atoms with E-state index < -0.39 is 0 Å². The Balaban J connectivity index is 1.58. The Hall–Kier alpha value is -1.88. The summed E-state index contributed by atoms with van der Waals surface area (Å²) in [5.74, 6) is 1.66. The fraction of sp³-hybridized carbons (Fsp3) is 0.467. The number of aryl methyl sites for hydroxylation is 1. The number of nitrogens with one attached hydrogen (secondary N) is 1. The van der Waals surface area contributed by atoms with Crippen LogP contribution in [0, 0.1) is 6.92 Å². The third-order valence-corrected chi connectivity index (χ3v) is 3.50. The van der Waals surface area contributed by atoms with Gasteiger partial charge in [-0.1, -0.05) is 22.9 Å². The Kier molecular flexibility index (Phi) is 3.97. The highest BCUT2D eigenvalue weighted by molar-refractivity contribution is 5.44. The van der Waals surface area contributed by atoms with Crippen LogP contribution in [0.25, 0.3) is 0 Å². The zero-order valence-electron chi connectivity index (χ0n) is 11.6. The normalized spacial score (nSPS) is 18.9. The highest BCUT2D eigenvalue weighted by Gasteiger charge is 2.21. The van der Waals surface area contributed by atoms with Gasteiger partial charge in [0.1, 0.15) is 0 Å². The second-order valence-corrected chi connectivity index (χ2v) is 5.18. The van der Waals surface area contributed by atoms with Crippen molar-refractivity contribution in [1.29, 1.82) is 0 Å². The summed E-state index contributed by atoms with van der Waals surface area (Å²) in [4.78, 5) is 4.45. The molecule has 5 heteroatoms. The van der Waals surface area contributed by atoms with Crippen LogP contribution in [0.15, 0.2) is 28.8 Å². The van der Waals surface area contributed by atoms with Gasteiger partial charge in [0.15, 0.2) is 5.82 Å². The fourth-order valence-electron chi connectivity index (χ4n) is 2.30. The molecule has 0 spiro atoms. The van der Waals surface area contributed by atoms with E-state index in [1.165, 1.54) is 5.56 Å². The van der Waals surface area contributed by atoms with Crippen LogP contribution in [0.1, 0.15) is 36.0 Å². The Morgan fingerprint density at radius 1 is 1.30 bits per heavy atom. The van der Waals surface area contributed by atoms with Gasteiger partial charge >= 0.3 is 0 Å². The standard InChI is InChI=1S/C15H19N3O2/c1-11-4-6-13(7-5-11)16-9-14-17-15(18-20-14)12-3-2-8-19-10-12/h4-7,12,16H,2-3,8-10H2,1H3. The van der Waals surface area contributed by atoms with Crippen LogP contribution in [-0.4, -0.2) is 23.4 Å². The molecule has 0 saturated carbocycles. The number of aromatic nitrogens is 2. The number of ether oxygens (including phenoxy) is 1. The summed E-state index contributed by atoms with van der Waals surface area (Å²) in [7, 11) is 0. The lowest BCUT2D eigenvalue weighted by atomic mass is 10.0. The molecule has 1 fully saturated rings. The molecule has 0 bridgehead atoms. The molecule has 1 unspecified atom stereocenters. The largest absolute Gasteiger partial charge is 0.381 e. The average Bonchev–Trinajstić information content (AvgIpc) is 2.97. The van der Waals surface area contributed by atoms with E-state index in [2.05, 4.69) is 34.5 Å². The van der Waals surface area contributed by atoms with Gasteiger partial charge in [-0.05, 0) is 31.9 Å². The van der Waals surface area contributed by atoms with Gasteiger partial charge in [-0.15, -0.1) is 0 Å². The molecule has 1 N–H and O–H groups in total. The number of hydrogen-bond acceptors (Lipinski definition) is 5. The first-order valence-corrected chi connectivity index (χ1v) is 7.02. The highest BCUT2D eigenvalue weighted by Crippen LogP contribution is 2.23. The molecule has 20 heavy (non-hydrogen) atoms. The summed E-state index contributed by atoms with van der Waals surface area (Å²) in [6, 6.07) is 8.23. The van der Waals surface area contributed by atoms with Crippen molar-refractivity contribution < 1.29 is 9.26 Å².